The number of rotatable bonds is 3. The van der Waals surface area contributed by atoms with E-state index in [1.54, 1.807) is 0 Å². The lowest BCUT2D eigenvalue weighted by Crippen LogP contribution is -2.66. The first-order valence-corrected chi connectivity index (χ1v) is 14.5. The van der Waals surface area contributed by atoms with Gasteiger partial charge in [-0.05, 0) is 97.7 Å². The summed E-state index contributed by atoms with van der Waals surface area (Å²) in [6.07, 6.45) is 8.51. The van der Waals surface area contributed by atoms with Crippen LogP contribution in [0.4, 0.5) is 0 Å². The summed E-state index contributed by atoms with van der Waals surface area (Å²) in [5.74, 6) is -0.665. The van der Waals surface area contributed by atoms with Gasteiger partial charge in [0.05, 0.1) is 18.1 Å². The summed E-state index contributed by atoms with van der Waals surface area (Å²) in [6, 6.07) is 0. The first kappa shape index (κ1) is 27.2. The molecule has 0 radical (unpaired) electrons. The number of esters is 1. The average Bonchev–Trinajstić information content (AvgIpc) is 2.80. The van der Waals surface area contributed by atoms with Crippen LogP contribution in [0.5, 0.6) is 0 Å². The van der Waals surface area contributed by atoms with Crippen molar-refractivity contribution in [2.75, 3.05) is 6.61 Å². The Morgan fingerprint density at radius 2 is 1.76 bits per heavy atom. The van der Waals surface area contributed by atoms with Crippen molar-refractivity contribution in [2.24, 2.45) is 50.7 Å². The number of carbonyl (C=O) groups is 2. The van der Waals surface area contributed by atoms with Crippen molar-refractivity contribution >= 4 is 11.9 Å². The third-order valence-electron chi connectivity index (χ3n) is 12.5. The van der Waals surface area contributed by atoms with Gasteiger partial charge in [0.2, 0.25) is 0 Å². The van der Waals surface area contributed by atoms with Gasteiger partial charge < -0.3 is 20.1 Å². The number of hydrogen-bond donors (Lipinski definition) is 3. The van der Waals surface area contributed by atoms with Crippen molar-refractivity contribution in [3.63, 3.8) is 0 Å². The molecule has 0 heterocycles. The lowest BCUT2D eigenvalue weighted by molar-refractivity contribution is -0.225. The number of aliphatic carboxylic acids is 1. The van der Waals surface area contributed by atoms with Gasteiger partial charge in [-0.1, -0.05) is 46.3 Å². The fraction of sp³-hybridized carbons (Fsp3) is 0.871. The van der Waals surface area contributed by atoms with E-state index in [1.807, 2.05) is 0 Å². The fourth-order valence-corrected chi connectivity index (χ4v) is 10.9. The quantitative estimate of drug-likeness (QED) is 0.345. The van der Waals surface area contributed by atoms with Crippen LogP contribution in [0, 0.1) is 50.7 Å². The first-order chi connectivity index (χ1) is 17.1. The molecule has 10 atom stereocenters. The van der Waals surface area contributed by atoms with Gasteiger partial charge in [-0.15, -0.1) is 0 Å². The number of fused-ring (bicyclic) bond motifs is 7. The molecular formula is C31H48O6. The fourth-order valence-electron chi connectivity index (χ4n) is 10.9. The highest BCUT2D eigenvalue weighted by Crippen LogP contribution is 2.72. The summed E-state index contributed by atoms with van der Waals surface area (Å²) in [5.41, 5.74) is -0.176. The Morgan fingerprint density at radius 1 is 1.05 bits per heavy atom. The Balaban J connectivity index is 1.55. The molecule has 0 spiro atoms. The number of carbonyl (C=O) groups excluding carboxylic acids is 1. The molecule has 0 aliphatic heterocycles. The SMILES string of the molecule is CC(=O)O[C@H]1CC[C@@]2(C)[C@@H](CC[C@@]3(C)C4=CC[C@@]5(C(=O)O)CCC(C)(C)C[C@H]5[C@@H]4C[C@@H](O)[C@H]23)[C@]1(C)CO. The minimum atomic E-state index is -0.717. The van der Waals surface area contributed by atoms with E-state index in [9.17, 15) is 24.9 Å². The third kappa shape index (κ3) is 3.71. The summed E-state index contributed by atoms with van der Waals surface area (Å²) in [6.45, 7) is 12.6. The second kappa shape index (κ2) is 8.55. The summed E-state index contributed by atoms with van der Waals surface area (Å²) < 4.78 is 5.75. The van der Waals surface area contributed by atoms with Gasteiger partial charge >= 0.3 is 11.9 Å². The van der Waals surface area contributed by atoms with Crippen molar-refractivity contribution in [3.8, 4) is 0 Å². The van der Waals surface area contributed by atoms with Crippen LogP contribution in [0.25, 0.3) is 0 Å². The molecule has 0 aromatic carbocycles. The maximum atomic E-state index is 12.7. The minimum absolute atomic E-state index is 0.0272. The number of carboxylic acids is 1. The predicted octanol–water partition coefficient (Wildman–Crippen LogP) is 5.36. The normalized spacial score (nSPS) is 50.4. The van der Waals surface area contributed by atoms with E-state index >= 15 is 0 Å². The molecule has 0 saturated heterocycles. The van der Waals surface area contributed by atoms with Crippen molar-refractivity contribution in [2.45, 2.75) is 112 Å². The molecule has 5 aliphatic carbocycles. The van der Waals surface area contributed by atoms with Crippen LogP contribution in [-0.2, 0) is 14.3 Å². The van der Waals surface area contributed by atoms with Crippen molar-refractivity contribution in [3.05, 3.63) is 11.6 Å². The molecule has 5 rings (SSSR count). The molecular weight excluding hydrogens is 468 g/mol. The zero-order chi connectivity index (χ0) is 27.2. The van der Waals surface area contributed by atoms with E-state index in [2.05, 4.69) is 40.7 Å². The number of hydrogen-bond acceptors (Lipinski definition) is 5. The van der Waals surface area contributed by atoms with Gasteiger partial charge in [0.25, 0.3) is 0 Å². The largest absolute Gasteiger partial charge is 0.481 e. The summed E-state index contributed by atoms with van der Waals surface area (Å²) in [4.78, 5) is 24.6. The van der Waals surface area contributed by atoms with Crippen molar-refractivity contribution in [1.82, 2.24) is 0 Å². The summed E-state index contributed by atoms with van der Waals surface area (Å²) >= 11 is 0. The molecule has 0 unspecified atom stereocenters. The van der Waals surface area contributed by atoms with Gasteiger partial charge in [-0.25, -0.2) is 0 Å². The van der Waals surface area contributed by atoms with Crippen LogP contribution in [0.1, 0.15) is 99.3 Å². The highest BCUT2D eigenvalue weighted by atomic mass is 16.5. The Hall–Kier alpha value is -1.40. The van der Waals surface area contributed by atoms with Crippen LogP contribution in [0.15, 0.2) is 11.6 Å². The van der Waals surface area contributed by atoms with Crippen LogP contribution >= 0.6 is 0 Å². The minimum Gasteiger partial charge on any atom is -0.481 e. The molecule has 6 heteroatoms. The molecule has 37 heavy (non-hydrogen) atoms. The smallest absolute Gasteiger partial charge is 0.310 e. The number of aliphatic hydroxyl groups excluding tert-OH is 2. The average molecular weight is 517 g/mol. The second-order valence-corrected chi connectivity index (χ2v) is 15.0. The maximum absolute atomic E-state index is 12.7. The Bertz CT molecular complexity index is 1000. The number of ether oxygens (including phenoxy) is 1. The Labute approximate surface area is 222 Å². The lowest BCUT2D eigenvalue weighted by Gasteiger charge is -2.69. The highest BCUT2D eigenvalue weighted by molar-refractivity contribution is 5.76. The van der Waals surface area contributed by atoms with Gasteiger partial charge in [0, 0.05) is 12.3 Å². The molecule has 0 amide bonds. The molecule has 208 valence electrons. The monoisotopic (exact) mass is 516 g/mol. The number of carboxylic acid groups (broad SMARTS) is 1. The van der Waals surface area contributed by atoms with Gasteiger partial charge in [0.15, 0.2) is 0 Å². The van der Waals surface area contributed by atoms with E-state index in [1.165, 1.54) is 12.5 Å². The van der Waals surface area contributed by atoms with E-state index in [0.717, 1.165) is 32.1 Å². The topological polar surface area (TPSA) is 104 Å². The molecule has 6 nitrogen and oxygen atoms in total. The molecule has 4 saturated carbocycles. The molecule has 5 aliphatic rings. The van der Waals surface area contributed by atoms with Crippen molar-refractivity contribution < 1.29 is 29.6 Å². The summed E-state index contributed by atoms with van der Waals surface area (Å²) in [7, 11) is 0. The molecule has 0 aromatic rings. The zero-order valence-electron chi connectivity index (χ0n) is 23.7. The van der Waals surface area contributed by atoms with Crippen LogP contribution in [0.3, 0.4) is 0 Å². The van der Waals surface area contributed by atoms with E-state index in [-0.39, 0.29) is 58.6 Å². The predicted molar refractivity (Wildman–Crippen MR) is 140 cm³/mol. The van der Waals surface area contributed by atoms with Crippen LogP contribution in [0.2, 0.25) is 0 Å². The lowest BCUT2D eigenvalue weighted by atomic mass is 9.36. The molecule has 4 fully saturated rings. The first-order valence-electron chi connectivity index (χ1n) is 14.5. The Morgan fingerprint density at radius 3 is 2.38 bits per heavy atom. The summed E-state index contributed by atoms with van der Waals surface area (Å²) in [5, 5.41) is 33.1. The standard InChI is InChI=1S/C31H48O6/c1-18(33)37-24-9-11-29(5)23(30(24,6)17-32)8-10-28(4)20-7-12-31(26(35)36)14-13-27(2,3)16-21(31)19(20)15-22(34)25(28)29/h7,19,21-25,32,34H,8-17H2,1-6H3,(H,35,36)/t19-,21+,22-,23-,24+,25+,28+,29+,30+,31-/m1/s1. The van der Waals surface area contributed by atoms with Gasteiger partial charge in [-0.3, -0.25) is 9.59 Å². The van der Waals surface area contributed by atoms with Crippen molar-refractivity contribution in [1.29, 1.82) is 0 Å². The third-order valence-corrected chi connectivity index (χ3v) is 12.5. The van der Waals surface area contributed by atoms with E-state index in [4.69, 9.17) is 4.74 Å². The van der Waals surface area contributed by atoms with E-state index in [0.29, 0.717) is 25.7 Å². The van der Waals surface area contributed by atoms with Gasteiger partial charge in [-0.2, -0.15) is 0 Å². The molecule has 0 bridgehead atoms. The highest BCUT2D eigenvalue weighted by Gasteiger charge is 2.68. The number of aliphatic hydroxyl groups is 2. The van der Waals surface area contributed by atoms with Crippen LogP contribution < -0.4 is 0 Å². The van der Waals surface area contributed by atoms with Gasteiger partial charge in [0.1, 0.15) is 6.10 Å². The maximum Gasteiger partial charge on any atom is 0.310 e. The Kier molecular flexibility index (Phi) is 6.28. The van der Waals surface area contributed by atoms with Crippen LogP contribution in [-0.4, -0.2) is 46.1 Å². The number of allylic oxidation sites excluding steroid dienone is 2. The van der Waals surface area contributed by atoms with E-state index < -0.39 is 22.9 Å². The molecule has 0 aromatic heterocycles. The molecule has 3 N–H and O–H groups in total. The zero-order valence-corrected chi connectivity index (χ0v) is 23.7. The second-order valence-electron chi connectivity index (χ2n) is 15.0.